The van der Waals surface area contributed by atoms with Crippen molar-refractivity contribution in [1.82, 2.24) is 15.3 Å². The molecule has 0 spiro atoms. The number of aromatic amines is 1. The van der Waals surface area contributed by atoms with Crippen LogP contribution in [0, 0.1) is 0 Å². The Morgan fingerprint density at radius 3 is 2.79 bits per heavy atom. The summed E-state index contributed by atoms with van der Waals surface area (Å²) >= 11 is 0. The van der Waals surface area contributed by atoms with Gasteiger partial charge in [0.25, 0.3) is 5.91 Å². The Hall–Kier alpha value is -3.73. The van der Waals surface area contributed by atoms with E-state index in [1.165, 1.54) is 0 Å². The molecule has 5 rings (SSSR count). The van der Waals surface area contributed by atoms with Gasteiger partial charge in [0.2, 0.25) is 0 Å². The van der Waals surface area contributed by atoms with Crippen molar-refractivity contribution >= 4 is 23.1 Å². The number of piperazine rings is 1. The molecule has 38 heavy (non-hydrogen) atoms. The van der Waals surface area contributed by atoms with Crippen LogP contribution in [-0.2, 0) is 15.9 Å². The van der Waals surface area contributed by atoms with Crippen molar-refractivity contribution in [1.29, 1.82) is 0 Å². The monoisotopic (exact) mass is 519 g/mol. The van der Waals surface area contributed by atoms with Crippen molar-refractivity contribution in [2.24, 2.45) is 0 Å². The highest BCUT2D eigenvalue weighted by molar-refractivity contribution is 6.07. The van der Waals surface area contributed by atoms with Crippen molar-refractivity contribution in [2.75, 3.05) is 69.9 Å². The Kier molecular flexibility index (Phi) is 8.32. The standard InChI is InChI=1S/C28H33N5O5/c1-36-12-13-37-14-15-38-20-2-3-21-19(16-20)17-22(27(21)34)23-4-5-24(31-23)28(35)32-25-18-30-7-6-26(25)33-10-8-29-9-11-33/h2-7,16,18,22,29,31H,8-15,17H2,1H3,(H,32,35). The van der Waals surface area contributed by atoms with Crippen LogP contribution in [0.1, 0.15) is 38.0 Å². The van der Waals surface area contributed by atoms with Crippen molar-refractivity contribution in [3.05, 3.63) is 71.3 Å². The molecule has 0 bridgehead atoms. The smallest absolute Gasteiger partial charge is 0.272 e. The lowest BCUT2D eigenvalue weighted by atomic mass is 10.0. The minimum atomic E-state index is -0.367. The number of nitrogens with zero attached hydrogens (tertiary/aromatic N) is 2. The van der Waals surface area contributed by atoms with Crippen LogP contribution in [0.15, 0.2) is 48.8 Å². The van der Waals surface area contributed by atoms with Gasteiger partial charge in [-0.2, -0.15) is 0 Å². The van der Waals surface area contributed by atoms with E-state index in [0.717, 1.165) is 43.1 Å². The number of fused-ring (bicyclic) bond motifs is 1. The highest BCUT2D eigenvalue weighted by Gasteiger charge is 2.33. The first-order valence-corrected chi connectivity index (χ1v) is 12.9. The number of carbonyl (C=O) groups is 2. The number of amides is 1. The van der Waals surface area contributed by atoms with Crippen LogP contribution in [-0.4, -0.2) is 81.4 Å². The quantitative estimate of drug-likeness (QED) is 0.331. The molecular formula is C28H33N5O5. The normalized spacial score (nSPS) is 16.9. The van der Waals surface area contributed by atoms with Crippen molar-refractivity contribution < 1.29 is 23.8 Å². The molecule has 2 aromatic heterocycles. The SMILES string of the molecule is COCCOCCOc1ccc2c(c1)CC(c1ccc(C(=O)Nc3cnccc3N3CCNCC3)[nH]1)C2=O. The molecule has 1 saturated heterocycles. The third-order valence-corrected chi connectivity index (χ3v) is 6.84. The third kappa shape index (κ3) is 5.88. The van der Waals surface area contributed by atoms with Crippen molar-refractivity contribution in [3.63, 3.8) is 0 Å². The summed E-state index contributed by atoms with van der Waals surface area (Å²) in [6.07, 6.45) is 3.95. The van der Waals surface area contributed by atoms with Gasteiger partial charge in [0.1, 0.15) is 18.1 Å². The number of rotatable bonds is 11. The number of pyridine rings is 1. The van der Waals surface area contributed by atoms with E-state index < -0.39 is 0 Å². The van der Waals surface area contributed by atoms with E-state index in [1.54, 1.807) is 25.6 Å². The molecule has 200 valence electrons. The molecule has 3 aromatic rings. The number of nitrogens with one attached hydrogen (secondary N) is 3. The second-order valence-corrected chi connectivity index (χ2v) is 9.30. The van der Waals surface area contributed by atoms with Gasteiger partial charge in [-0.15, -0.1) is 0 Å². The maximum atomic E-state index is 13.1. The lowest BCUT2D eigenvalue weighted by Crippen LogP contribution is -2.43. The molecule has 0 radical (unpaired) electrons. The van der Waals surface area contributed by atoms with Gasteiger partial charge < -0.3 is 34.7 Å². The average Bonchev–Trinajstić information content (AvgIpc) is 3.56. The molecule has 2 aliphatic rings. The molecule has 1 aliphatic heterocycles. The molecule has 1 amide bonds. The Bertz CT molecular complexity index is 1270. The Labute approximate surface area is 221 Å². The van der Waals surface area contributed by atoms with Gasteiger partial charge in [-0.25, -0.2) is 0 Å². The van der Waals surface area contributed by atoms with Crippen LogP contribution < -0.4 is 20.3 Å². The zero-order chi connectivity index (χ0) is 26.3. The molecule has 0 saturated carbocycles. The van der Waals surface area contributed by atoms with E-state index in [9.17, 15) is 9.59 Å². The van der Waals surface area contributed by atoms with Gasteiger partial charge in [0.15, 0.2) is 5.78 Å². The highest BCUT2D eigenvalue weighted by Crippen LogP contribution is 2.35. The van der Waals surface area contributed by atoms with Gasteiger partial charge >= 0.3 is 0 Å². The molecule has 1 aliphatic carbocycles. The first-order chi connectivity index (χ1) is 18.6. The third-order valence-electron chi connectivity index (χ3n) is 6.84. The molecular weight excluding hydrogens is 486 g/mol. The molecule has 1 aromatic carbocycles. The number of hydrogen-bond donors (Lipinski definition) is 3. The number of benzene rings is 1. The summed E-state index contributed by atoms with van der Waals surface area (Å²) in [5.41, 5.74) is 4.36. The van der Waals surface area contributed by atoms with Crippen molar-refractivity contribution in [2.45, 2.75) is 12.3 Å². The molecule has 10 heteroatoms. The van der Waals surface area contributed by atoms with Crippen LogP contribution >= 0.6 is 0 Å². The predicted octanol–water partition coefficient (Wildman–Crippen LogP) is 2.64. The summed E-state index contributed by atoms with van der Waals surface area (Å²) in [6, 6.07) is 11.0. The summed E-state index contributed by atoms with van der Waals surface area (Å²) in [4.78, 5) is 35.8. The fraction of sp³-hybridized carbons (Fsp3) is 0.393. The summed E-state index contributed by atoms with van der Waals surface area (Å²) in [5.74, 6) is 0.105. The minimum absolute atomic E-state index is 0.0384. The Balaban J connectivity index is 1.21. The second-order valence-electron chi connectivity index (χ2n) is 9.30. The first kappa shape index (κ1) is 25.9. The summed E-state index contributed by atoms with van der Waals surface area (Å²) < 4.78 is 16.2. The zero-order valence-electron chi connectivity index (χ0n) is 21.5. The predicted molar refractivity (Wildman–Crippen MR) is 143 cm³/mol. The maximum Gasteiger partial charge on any atom is 0.272 e. The van der Waals surface area contributed by atoms with E-state index in [4.69, 9.17) is 14.2 Å². The molecule has 1 fully saturated rings. The zero-order valence-corrected chi connectivity index (χ0v) is 21.5. The second kappa shape index (κ2) is 12.2. The number of aromatic nitrogens is 2. The molecule has 1 unspecified atom stereocenters. The molecule has 1 atom stereocenters. The fourth-order valence-corrected chi connectivity index (χ4v) is 4.89. The molecule has 3 heterocycles. The van der Waals surface area contributed by atoms with Crippen LogP contribution in [0.25, 0.3) is 0 Å². The number of carbonyl (C=O) groups excluding carboxylic acids is 2. The highest BCUT2D eigenvalue weighted by atomic mass is 16.5. The number of ketones is 1. The fourth-order valence-electron chi connectivity index (χ4n) is 4.89. The summed E-state index contributed by atoms with van der Waals surface area (Å²) in [7, 11) is 1.63. The van der Waals surface area contributed by atoms with E-state index in [2.05, 4.69) is 25.5 Å². The number of anilines is 2. The lowest BCUT2D eigenvalue weighted by Gasteiger charge is -2.30. The number of hydrogen-bond acceptors (Lipinski definition) is 8. The molecule has 10 nitrogen and oxygen atoms in total. The van der Waals surface area contributed by atoms with Gasteiger partial charge in [-0.1, -0.05) is 0 Å². The lowest BCUT2D eigenvalue weighted by molar-refractivity contribution is 0.0544. The van der Waals surface area contributed by atoms with E-state index >= 15 is 0 Å². The van der Waals surface area contributed by atoms with Gasteiger partial charge in [0, 0.05) is 50.7 Å². The van der Waals surface area contributed by atoms with E-state index in [-0.39, 0.29) is 17.6 Å². The summed E-state index contributed by atoms with van der Waals surface area (Å²) in [6.45, 7) is 5.46. The number of H-pyrrole nitrogens is 1. The first-order valence-electron chi connectivity index (χ1n) is 12.9. The largest absolute Gasteiger partial charge is 0.491 e. The topological polar surface area (TPSA) is 118 Å². The minimum Gasteiger partial charge on any atom is -0.491 e. The number of ether oxygens (including phenoxy) is 3. The Morgan fingerprint density at radius 2 is 1.95 bits per heavy atom. The number of Topliss-reactive ketones (excluding diaryl/α,β-unsaturated/α-hetero) is 1. The molecule has 3 N–H and O–H groups in total. The summed E-state index contributed by atoms with van der Waals surface area (Å²) in [5, 5.41) is 6.32. The van der Waals surface area contributed by atoms with Gasteiger partial charge in [-0.05, 0) is 48.4 Å². The van der Waals surface area contributed by atoms with Gasteiger partial charge in [0.05, 0.1) is 43.3 Å². The van der Waals surface area contributed by atoms with Crippen LogP contribution in [0.3, 0.4) is 0 Å². The van der Waals surface area contributed by atoms with Crippen molar-refractivity contribution in [3.8, 4) is 5.75 Å². The van der Waals surface area contributed by atoms with E-state index in [1.807, 2.05) is 30.3 Å². The average molecular weight is 520 g/mol. The Morgan fingerprint density at radius 1 is 1.11 bits per heavy atom. The maximum absolute atomic E-state index is 13.1. The van der Waals surface area contributed by atoms with Crippen LogP contribution in [0.2, 0.25) is 0 Å². The van der Waals surface area contributed by atoms with Crippen LogP contribution in [0.4, 0.5) is 11.4 Å². The van der Waals surface area contributed by atoms with E-state index in [0.29, 0.717) is 55.5 Å². The number of methoxy groups -OCH3 is 1. The van der Waals surface area contributed by atoms with Crippen LogP contribution in [0.5, 0.6) is 5.75 Å². The van der Waals surface area contributed by atoms with Gasteiger partial charge in [-0.3, -0.25) is 14.6 Å².